The number of esters is 1. The van der Waals surface area contributed by atoms with Crippen LogP contribution in [0.1, 0.15) is 425 Å². The van der Waals surface area contributed by atoms with Crippen molar-refractivity contribution in [2.75, 3.05) is 19.8 Å². The zero-order valence-corrected chi connectivity index (χ0v) is 63.8. The third-order valence-corrected chi connectivity index (χ3v) is 20.1. The van der Waals surface area contributed by atoms with Crippen LogP contribution in [-0.2, 0) is 23.8 Å². The number of unbranched alkanes of at least 4 members (excludes halogenated alkanes) is 56. The monoisotopic (exact) mass is 1370 g/mol. The molecule has 7 unspecified atom stereocenters. The first-order valence-corrected chi connectivity index (χ1v) is 42.4. The van der Waals surface area contributed by atoms with Crippen molar-refractivity contribution >= 4 is 11.9 Å². The number of carbonyl (C=O) groups excluding carboxylic acids is 2. The highest BCUT2D eigenvalue weighted by molar-refractivity contribution is 5.76. The van der Waals surface area contributed by atoms with E-state index in [9.17, 15) is 35.1 Å². The van der Waals surface area contributed by atoms with Crippen molar-refractivity contribution < 1.29 is 49.3 Å². The highest BCUT2D eigenvalue weighted by atomic mass is 16.7. The normalized spacial score (nSPS) is 17.5. The lowest BCUT2D eigenvalue weighted by atomic mass is 9.99. The van der Waals surface area contributed by atoms with Gasteiger partial charge in [-0.3, -0.25) is 9.59 Å². The number of allylic oxidation sites excluding steroid dienone is 7. The van der Waals surface area contributed by atoms with Gasteiger partial charge in [0.25, 0.3) is 0 Å². The number of hydrogen-bond acceptors (Lipinski definition) is 10. The molecule has 1 fully saturated rings. The van der Waals surface area contributed by atoms with Gasteiger partial charge in [0.05, 0.1) is 32.0 Å². The van der Waals surface area contributed by atoms with E-state index in [0.29, 0.717) is 19.4 Å². The lowest BCUT2D eigenvalue weighted by Crippen LogP contribution is -2.60. The van der Waals surface area contributed by atoms with Crippen molar-refractivity contribution in [3.8, 4) is 0 Å². The minimum absolute atomic E-state index is 0.0216. The molecule has 1 saturated heterocycles. The van der Waals surface area contributed by atoms with Crippen LogP contribution in [-0.4, -0.2) is 100 Å². The molecule has 0 saturated carbocycles. The molecule has 0 bridgehead atoms. The van der Waals surface area contributed by atoms with Crippen LogP contribution in [0.15, 0.2) is 48.6 Å². The average molecular weight is 1370 g/mol. The second kappa shape index (κ2) is 74.8. The zero-order valence-electron chi connectivity index (χ0n) is 63.8. The van der Waals surface area contributed by atoms with Crippen LogP contribution in [0.25, 0.3) is 0 Å². The molecular weight excluding hydrogens is 1210 g/mol. The van der Waals surface area contributed by atoms with Crippen molar-refractivity contribution in [1.29, 1.82) is 0 Å². The highest BCUT2D eigenvalue weighted by Crippen LogP contribution is 2.24. The minimum Gasteiger partial charge on any atom is -0.466 e. The number of amides is 1. The number of hydrogen-bond donors (Lipinski definition) is 6. The maximum atomic E-state index is 13.1. The van der Waals surface area contributed by atoms with Crippen LogP contribution >= 0.6 is 0 Å². The number of nitrogens with one attached hydrogen (secondary N) is 1. The fraction of sp³-hybridized carbons (Fsp3) is 0.884. The van der Waals surface area contributed by atoms with E-state index in [1.54, 1.807) is 6.08 Å². The standard InChI is InChI=1S/C86H161NO10/c1-3-5-7-9-11-13-15-17-18-19-44-47-50-54-58-62-66-70-74-82(91)95-75-71-67-63-59-55-51-48-45-42-40-38-36-34-32-30-28-26-24-22-20-21-23-25-27-29-31-33-35-37-39-41-43-46-49-53-57-61-65-69-73-81(90)87-78(77-96-86-85(94)84(93)83(92)80(76-88)97-86)79(89)72-68-64-60-56-52-16-14-12-10-8-6-4-2/h10,12,20-21,52,56,68,72,78-80,83-86,88-89,92-94H,3-9,11,13-19,22-51,53-55,57-67,69-71,73-77H2,1-2H3,(H,87,90)/b12-10+,21-20-,56-52+,72-68+. The van der Waals surface area contributed by atoms with E-state index in [4.69, 9.17) is 14.2 Å². The molecule has 7 atom stereocenters. The van der Waals surface area contributed by atoms with Gasteiger partial charge in [0, 0.05) is 12.8 Å². The topological polar surface area (TPSA) is 175 Å². The van der Waals surface area contributed by atoms with Crippen LogP contribution in [0.3, 0.4) is 0 Å². The molecule has 1 aliphatic rings. The quantitative estimate of drug-likeness (QED) is 0.0195. The Kier molecular flexibility index (Phi) is 71.4. The Morgan fingerprint density at radius 1 is 0.371 bits per heavy atom. The van der Waals surface area contributed by atoms with E-state index >= 15 is 0 Å². The molecule has 11 heteroatoms. The van der Waals surface area contributed by atoms with E-state index in [2.05, 4.69) is 55.6 Å². The molecule has 97 heavy (non-hydrogen) atoms. The van der Waals surface area contributed by atoms with Gasteiger partial charge < -0.3 is 45.1 Å². The number of rotatable bonds is 76. The van der Waals surface area contributed by atoms with Gasteiger partial charge in [-0.2, -0.15) is 0 Å². The Hall–Kier alpha value is -2.38. The van der Waals surface area contributed by atoms with Crippen molar-refractivity contribution in [3.63, 3.8) is 0 Å². The van der Waals surface area contributed by atoms with Crippen LogP contribution in [0.2, 0.25) is 0 Å². The zero-order chi connectivity index (χ0) is 70.1. The Bertz CT molecular complexity index is 1750. The van der Waals surface area contributed by atoms with Crippen molar-refractivity contribution in [2.45, 2.75) is 468 Å². The van der Waals surface area contributed by atoms with Gasteiger partial charge in [-0.05, 0) is 77.0 Å². The molecule has 570 valence electrons. The van der Waals surface area contributed by atoms with Gasteiger partial charge in [-0.25, -0.2) is 0 Å². The molecule has 1 heterocycles. The molecule has 0 radical (unpaired) electrons. The maximum absolute atomic E-state index is 13.1. The van der Waals surface area contributed by atoms with Crippen LogP contribution in [0, 0.1) is 0 Å². The van der Waals surface area contributed by atoms with Gasteiger partial charge in [-0.15, -0.1) is 0 Å². The van der Waals surface area contributed by atoms with E-state index in [1.165, 1.54) is 334 Å². The molecule has 1 rings (SSSR count). The van der Waals surface area contributed by atoms with Crippen LogP contribution < -0.4 is 5.32 Å². The molecule has 11 nitrogen and oxygen atoms in total. The largest absolute Gasteiger partial charge is 0.466 e. The lowest BCUT2D eigenvalue weighted by molar-refractivity contribution is -0.302. The Balaban J connectivity index is 1.86. The third kappa shape index (κ3) is 63.1. The second-order valence-corrected chi connectivity index (χ2v) is 29.5. The van der Waals surface area contributed by atoms with Gasteiger partial charge in [-0.1, -0.05) is 383 Å². The smallest absolute Gasteiger partial charge is 0.305 e. The van der Waals surface area contributed by atoms with Crippen LogP contribution in [0.5, 0.6) is 0 Å². The Morgan fingerprint density at radius 2 is 0.680 bits per heavy atom. The molecule has 0 aliphatic carbocycles. The van der Waals surface area contributed by atoms with Gasteiger partial charge in [0.1, 0.15) is 24.4 Å². The SMILES string of the molecule is CCCC/C=C/CC/C=C/CC/C=C/C(O)C(COC1OC(CO)C(O)C(O)C1O)NC(=O)CCCCCCCCCCCCCCCCCCC/C=C\CCCCCCCCCCCCCCCCCCCCOC(=O)CCCCCCCCCCCCCCCCCCCC. The summed E-state index contributed by atoms with van der Waals surface area (Å²) in [6.07, 6.45) is 90.4. The summed E-state index contributed by atoms with van der Waals surface area (Å²) in [6.45, 7) is 4.33. The molecule has 0 spiro atoms. The molecule has 0 aromatic carbocycles. The summed E-state index contributed by atoms with van der Waals surface area (Å²) in [5.74, 6) is -0.170. The number of ether oxygens (including phenoxy) is 3. The fourth-order valence-corrected chi connectivity index (χ4v) is 13.5. The summed E-state index contributed by atoms with van der Waals surface area (Å²) in [6, 6.07) is -0.832. The summed E-state index contributed by atoms with van der Waals surface area (Å²) in [5.41, 5.74) is 0. The summed E-state index contributed by atoms with van der Waals surface area (Å²) in [7, 11) is 0. The minimum atomic E-state index is -1.58. The number of carbonyl (C=O) groups is 2. The van der Waals surface area contributed by atoms with Gasteiger partial charge >= 0.3 is 5.97 Å². The first-order valence-electron chi connectivity index (χ1n) is 42.4. The van der Waals surface area contributed by atoms with E-state index < -0.39 is 49.5 Å². The first kappa shape index (κ1) is 92.6. The second-order valence-electron chi connectivity index (χ2n) is 29.5. The molecular formula is C86H161NO10. The summed E-state index contributed by atoms with van der Waals surface area (Å²) in [4.78, 5) is 25.2. The number of aliphatic hydroxyl groups excluding tert-OH is 5. The molecule has 0 aromatic heterocycles. The number of aliphatic hydroxyl groups is 5. The van der Waals surface area contributed by atoms with E-state index in [-0.39, 0.29) is 18.5 Å². The van der Waals surface area contributed by atoms with Crippen molar-refractivity contribution in [3.05, 3.63) is 48.6 Å². The predicted molar refractivity (Wildman–Crippen MR) is 412 cm³/mol. The highest BCUT2D eigenvalue weighted by Gasteiger charge is 2.44. The van der Waals surface area contributed by atoms with Gasteiger partial charge in [0.15, 0.2) is 6.29 Å². The Labute approximate surface area is 599 Å². The summed E-state index contributed by atoms with van der Waals surface area (Å²) >= 11 is 0. The summed E-state index contributed by atoms with van der Waals surface area (Å²) in [5, 5.41) is 54.5. The van der Waals surface area contributed by atoms with Crippen LogP contribution in [0.4, 0.5) is 0 Å². The maximum Gasteiger partial charge on any atom is 0.305 e. The fourth-order valence-electron chi connectivity index (χ4n) is 13.5. The third-order valence-electron chi connectivity index (χ3n) is 20.1. The lowest BCUT2D eigenvalue weighted by Gasteiger charge is -2.40. The molecule has 6 N–H and O–H groups in total. The molecule has 1 aliphatic heterocycles. The molecule has 0 aromatic rings. The molecule has 1 amide bonds. The summed E-state index contributed by atoms with van der Waals surface area (Å²) < 4.78 is 16.8. The average Bonchev–Trinajstić information content (AvgIpc) is 0.834. The van der Waals surface area contributed by atoms with Crippen molar-refractivity contribution in [1.82, 2.24) is 5.32 Å². The predicted octanol–water partition coefficient (Wildman–Crippen LogP) is 23.4. The van der Waals surface area contributed by atoms with Gasteiger partial charge in [0.2, 0.25) is 5.91 Å². The van der Waals surface area contributed by atoms with E-state index in [0.717, 1.165) is 64.2 Å². The van der Waals surface area contributed by atoms with Crippen molar-refractivity contribution in [2.24, 2.45) is 0 Å². The van der Waals surface area contributed by atoms with E-state index in [1.807, 2.05) is 6.08 Å². The Morgan fingerprint density at radius 3 is 1.05 bits per heavy atom. The first-order chi connectivity index (χ1) is 47.7.